The molecule has 1 aliphatic carbocycles. The zero-order chi connectivity index (χ0) is 13.2. The van der Waals surface area contributed by atoms with Gasteiger partial charge in [-0.3, -0.25) is 0 Å². The van der Waals surface area contributed by atoms with Crippen molar-refractivity contribution in [3.05, 3.63) is 30.1 Å². The Hall–Kier alpha value is -1.09. The van der Waals surface area contributed by atoms with Crippen LogP contribution in [-0.2, 0) is 0 Å². The Kier molecular flexibility index (Phi) is 3.74. The minimum atomic E-state index is -0.155. The van der Waals surface area contributed by atoms with Gasteiger partial charge in [0.25, 0.3) is 0 Å². The average Bonchev–Trinajstić information content (AvgIpc) is 2.80. The van der Waals surface area contributed by atoms with Gasteiger partial charge < -0.3 is 10.2 Å². The number of nitrogens with one attached hydrogen (secondary N) is 1. The highest BCUT2D eigenvalue weighted by molar-refractivity contribution is 5.45. The Balaban J connectivity index is 1.59. The molecule has 1 saturated carbocycles. The molecule has 3 atom stereocenters. The summed E-state index contributed by atoms with van der Waals surface area (Å²) in [5, 5.41) is 3.77. The van der Waals surface area contributed by atoms with Gasteiger partial charge in [0.2, 0.25) is 0 Å². The van der Waals surface area contributed by atoms with E-state index in [9.17, 15) is 4.39 Å². The van der Waals surface area contributed by atoms with E-state index < -0.39 is 0 Å². The fourth-order valence-electron chi connectivity index (χ4n) is 3.72. The van der Waals surface area contributed by atoms with E-state index in [2.05, 4.69) is 17.3 Å². The molecule has 0 spiro atoms. The molecular weight excluding hydrogens is 239 g/mol. The Morgan fingerprint density at radius 2 is 2.16 bits per heavy atom. The molecule has 1 aromatic rings. The zero-order valence-corrected chi connectivity index (χ0v) is 11.6. The van der Waals surface area contributed by atoms with Gasteiger partial charge in [0.05, 0.1) is 0 Å². The van der Waals surface area contributed by atoms with Gasteiger partial charge in [-0.1, -0.05) is 18.9 Å². The Bertz CT molecular complexity index is 421. The summed E-state index contributed by atoms with van der Waals surface area (Å²) in [6, 6.07) is 8.16. The molecule has 1 saturated heterocycles. The predicted octanol–water partition coefficient (Wildman–Crippen LogP) is 3.18. The van der Waals surface area contributed by atoms with Crippen molar-refractivity contribution in [3.63, 3.8) is 0 Å². The second-order valence-corrected chi connectivity index (χ2v) is 6.11. The van der Waals surface area contributed by atoms with Crippen LogP contribution in [0.2, 0.25) is 0 Å². The molecule has 3 heteroatoms. The molecule has 0 aromatic heterocycles. The van der Waals surface area contributed by atoms with Crippen LogP contribution in [0.4, 0.5) is 10.1 Å². The van der Waals surface area contributed by atoms with E-state index in [0.717, 1.165) is 24.2 Å². The molecule has 2 nitrogen and oxygen atoms in total. The number of likely N-dealkylation sites (N-methyl/N-ethyl adjacent to an activating group) is 1. The first-order chi connectivity index (χ1) is 9.22. The topological polar surface area (TPSA) is 15.3 Å². The van der Waals surface area contributed by atoms with E-state index >= 15 is 0 Å². The average molecular weight is 262 g/mol. The third-order valence-electron chi connectivity index (χ3n) is 4.69. The summed E-state index contributed by atoms with van der Waals surface area (Å²) in [5.74, 6) is 0.720. The number of nitrogens with zero attached hydrogens (tertiary/aromatic N) is 1. The largest absolute Gasteiger partial charge is 0.373 e. The highest BCUT2D eigenvalue weighted by Crippen LogP contribution is 2.33. The van der Waals surface area contributed by atoms with Crippen molar-refractivity contribution in [1.29, 1.82) is 0 Å². The van der Waals surface area contributed by atoms with Crippen molar-refractivity contribution < 1.29 is 4.39 Å². The van der Waals surface area contributed by atoms with Crippen LogP contribution in [0.25, 0.3) is 0 Å². The molecule has 0 bridgehead atoms. The Labute approximate surface area is 115 Å². The van der Waals surface area contributed by atoms with Crippen LogP contribution in [0, 0.1) is 11.7 Å². The highest BCUT2D eigenvalue weighted by Gasteiger charge is 2.35. The van der Waals surface area contributed by atoms with Gasteiger partial charge in [0, 0.05) is 31.4 Å². The quantitative estimate of drug-likeness (QED) is 0.900. The van der Waals surface area contributed by atoms with Crippen molar-refractivity contribution in [2.75, 3.05) is 18.5 Å². The first-order valence-corrected chi connectivity index (χ1v) is 7.45. The van der Waals surface area contributed by atoms with E-state index in [1.807, 2.05) is 6.07 Å². The van der Waals surface area contributed by atoms with Crippen LogP contribution >= 0.6 is 0 Å². The normalized spacial score (nSPS) is 30.1. The number of fused-ring (bicyclic) bond motifs is 1. The smallest absolute Gasteiger partial charge is 0.125 e. The van der Waals surface area contributed by atoms with E-state index in [1.165, 1.54) is 38.2 Å². The molecule has 19 heavy (non-hydrogen) atoms. The molecule has 0 radical (unpaired) electrons. The molecular formula is C16H23FN2. The van der Waals surface area contributed by atoms with Crippen LogP contribution in [0.1, 0.15) is 32.1 Å². The molecule has 1 N–H and O–H groups in total. The number of anilines is 1. The summed E-state index contributed by atoms with van der Waals surface area (Å²) in [5.41, 5.74) is 0.969. The van der Waals surface area contributed by atoms with E-state index in [-0.39, 0.29) is 5.82 Å². The summed E-state index contributed by atoms with van der Waals surface area (Å²) < 4.78 is 13.2. The lowest BCUT2D eigenvalue weighted by Crippen LogP contribution is -2.39. The van der Waals surface area contributed by atoms with Gasteiger partial charge in [0.1, 0.15) is 5.82 Å². The second-order valence-electron chi connectivity index (χ2n) is 6.11. The summed E-state index contributed by atoms with van der Waals surface area (Å²) in [6.07, 6.45) is 6.78. The Morgan fingerprint density at radius 3 is 2.95 bits per heavy atom. The molecule has 104 valence electrons. The standard InChI is InChI=1S/C16H23FN2/c1-19(15-7-4-6-13(17)10-15)11-14-9-12-5-2-3-8-16(12)18-14/h4,6-7,10,12,14,16,18H,2-3,5,8-9,11H2,1H3. The molecule has 1 aromatic carbocycles. The van der Waals surface area contributed by atoms with E-state index in [4.69, 9.17) is 0 Å². The maximum atomic E-state index is 13.2. The lowest BCUT2D eigenvalue weighted by molar-refractivity contribution is 0.325. The minimum Gasteiger partial charge on any atom is -0.373 e. The third-order valence-corrected chi connectivity index (χ3v) is 4.69. The van der Waals surface area contributed by atoms with Gasteiger partial charge in [0.15, 0.2) is 0 Å². The van der Waals surface area contributed by atoms with E-state index in [1.54, 1.807) is 12.1 Å². The summed E-state index contributed by atoms with van der Waals surface area (Å²) in [7, 11) is 2.05. The van der Waals surface area contributed by atoms with Gasteiger partial charge >= 0.3 is 0 Å². The van der Waals surface area contributed by atoms with Crippen LogP contribution in [0.15, 0.2) is 24.3 Å². The second kappa shape index (κ2) is 5.49. The van der Waals surface area contributed by atoms with Crippen LogP contribution < -0.4 is 10.2 Å². The lowest BCUT2D eigenvalue weighted by Gasteiger charge is -2.25. The van der Waals surface area contributed by atoms with Gasteiger partial charge in [-0.05, 0) is 43.4 Å². The maximum Gasteiger partial charge on any atom is 0.125 e. The number of hydrogen-bond acceptors (Lipinski definition) is 2. The van der Waals surface area contributed by atoms with Gasteiger partial charge in [-0.15, -0.1) is 0 Å². The van der Waals surface area contributed by atoms with Crippen LogP contribution in [0.5, 0.6) is 0 Å². The maximum absolute atomic E-state index is 13.2. The molecule has 0 amide bonds. The van der Waals surface area contributed by atoms with Crippen molar-refractivity contribution in [1.82, 2.24) is 5.32 Å². The SMILES string of the molecule is CN(CC1CC2CCCCC2N1)c1cccc(F)c1. The van der Waals surface area contributed by atoms with Gasteiger partial charge in [-0.25, -0.2) is 4.39 Å². The molecule has 3 unspecified atom stereocenters. The Morgan fingerprint density at radius 1 is 1.32 bits per heavy atom. The van der Waals surface area contributed by atoms with Crippen molar-refractivity contribution in [2.24, 2.45) is 5.92 Å². The fourth-order valence-corrected chi connectivity index (χ4v) is 3.72. The lowest BCUT2D eigenvalue weighted by atomic mass is 9.85. The van der Waals surface area contributed by atoms with Gasteiger partial charge in [-0.2, -0.15) is 0 Å². The summed E-state index contributed by atoms with van der Waals surface area (Å²) in [6.45, 7) is 0.969. The first kappa shape index (κ1) is 12.9. The molecule has 3 rings (SSSR count). The number of hydrogen-bond donors (Lipinski definition) is 1. The van der Waals surface area contributed by atoms with Crippen molar-refractivity contribution >= 4 is 5.69 Å². The molecule has 2 fully saturated rings. The summed E-state index contributed by atoms with van der Waals surface area (Å²) >= 11 is 0. The van der Waals surface area contributed by atoms with Crippen LogP contribution in [0.3, 0.4) is 0 Å². The number of halogens is 1. The summed E-state index contributed by atoms with van der Waals surface area (Å²) in [4.78, 5) is 2.16. The fraction of sp³-hybridized carbons (Fsp3) is 0.625. The number of benzene rings is 1. The molecule has 2 aliphatic rings. The minimum absolute atomic E-state index is 0.155. The van der Waals surface area contributed by atoms with E-state index in [0.29, 0.717) is 6.04 Å². The van der Waals surface area contributed by atoms with Crippen molar-refractivity contribution in [3.8, 4) is 0 Å². The monoisotopic (exact) mass is 262 g/mol. The first-order valence-electron chi connectivity index (χ1n) is 7.45. The van der Waals surface area contributed by atoms with Crippen molar-refractivity contribution in [2.45, 2.75) is 44.2 Å². The predicted molar refractivity (Wildman–Crippen MR) is 77.0 cm³/mol. The molecule has 1 aliphatic heterocycles. The number of rotatable bonds is 3. The highest BCUT2D eigenvalue weighted by atomic mass is 19.1. The zero-order valence-electron chi connectivity index (χ0n) is 11.6. The van der Waals surface area contributed by atoms with Crippen LogP contribution in [-0.4, -0.2) is 25.7 Å². The molecule has 1 heterocycles. The third kappa shape index (κ3) is 2.92.